The summed E-state index contributed by atoms with van der Waals surface area (Å²) >= 11 is 0. The van der Waals surface area contributed by atoms with E-state index in [-0.39, 0.29) is 11.5 Å². The van der Waals surface area contributed by atoms with Crippen LogP contribution in [0.1, 0.15) is 12.5 Å². The molecule has 1 aromatic carbocycles. The van der Waals surface area contributed by atoms with Crippen molar-refractivity contribution in [1.82, 2.24) is 0 Å². The van der Waals surface area contributed by atoms with E-state index < -0.39 is 12.0 Å². The van der Waals surface area contributed by atoms with E-state index in [2.05, 4.69) is 6.58 Å². The highest BCUT2D eigenvalue weighted by molar-refractivity contribution is 5.78. The second-order valence-corrected chi connectivity index (χ2v) is 3.50. The molecular weight excluding hydrogens is 206 g/mol. The molecule has 0 saturated carbocycles. The summed E-state index contributed by atoms with van der Waals surface area (Å²) in [6.45, 7) is 5.12. The number of carbonyl (C=O) groups excluding carboxylic acids is 1. The highest BCUT2D eigenvalue weighted by Crippen LogP contribution is 2.27. The van der Waals surface area contributed by atoms with Crippen molar-refractivity contribution in [3.05, 3.63) is 36.4 Å². The van der Waals surface area contributed by atoms with Crippen LogP contribution >= 0.6 is 0 Å². The number of allylic oxidation sites excluding steroid dienone is 1. The standard InChI is InChI=1S/C12H15NO3/c1-3-4-9-5-6-11(10(14)7-9)16-12(15)8(2)13/h3,5-8,14H,1,4,13H2,2H3. The molecule has 1 atom stereocenters. The van der Waals surface area contributed by atoms with Gasteiger partial charge in [-0.3, -0.25) is 0 Å². The van der Waals surface area contributed by atoms with Crippen LogP contribution in [0.3, 0.4) is 0 Å². The van der Waals surface area contributed by atoms with Gasteiger partial charge in [0.15, 0.2) is 11.5 Å². The molecule has 0 radical (unpaired) electrons. The van der Waals surface area contributed by atoms with Gasteiger partial charge in [-0.25, -0.2) is 4.79 Å². The van der Waals surface area contributed by atoms with Gasteiger partial charge in [0.05, 0.1) is 0 Å². The molecule has 0 bridgehead atoms. The number of phenolic OH excluding ortho intramolecular Hbond substituents is 1. The molecule has 0 spiro atoms. The summed E-state index contributed by atoms with van der Waals surface area (Å²) < 4.78 is 4.90. The number of phenols is 1. The molecule has 3 N–H and O–H groups in total. The molecule has 0 aromatic heterocycles. The lowest BCUT2D eigenvalue weighted by Gasteiger charge is -2.09. The SMILES string of the molecule is C=CCc1ccc(OC(=O)C(C)N)c(O)c1. The predicted octanol–water partition coefficient (Wildman–Crippen LogP) is 1.37. The zero-order valence-corrected chi connectivity index (χ0v) is 9.14. The molecule has 1 unspecified atom stereocenters. The van der Waals surface area contributed by atoms with E-state index in [0.29, 0.717) is 6.42 Å². The molecule has 0 heterocycles. The lowest BCUT2D eigenvalue weighted by Crippen LogP contribution is -2.30. The largest absolute Gasteiger partial charge is 0.504 e. The van der Waals surface area contributed by atoms with Crippen LogP contribution in [0.5, 0.6) is 11.5 Å². The van der Waals surface area contributed by atoms with Crippen LogP contribution in [0.4, 0.5) is 0 Å². The average Bonchev–Trinajstić information content (AvgIpc) is 2.22. The smallest absolute Gasteiger partial charge is 0.328 e. The molecule has 16 heavy (non-hydrogen) atoms. The third-order valence-corrected chi connectivity index (χ3v) is 1.99. The summed E-state index contributed by atoms with van der Waals surface area (Å²) in [6, 6.07) is 4.11. The van der Waals surface area contributed by atoms with E-state index in [9.17, 15) is 9.90 Å². The summed E-state index contributed by atoms with van der Waals surface area (Å²) in [6.07, 6.45) is 2.37. The zero-order valence-electron chi connectivity index (χ0n) is 9.14. The molecule has 0 aliphatic heterocycles. The van der Waals surface area contributed by atoms with E-state index in [4.69, 9.17) is 10.5 Å². The minimum absolute atomic E-state index is 0.0756. The van der Waals surface area contributed by atoms with Crippen molar-refractivity contribution in [1.29, 1.82) is 0 Å². The van der Waals surface area contributed by atoms with Crippen molar-refractivity contribution in [2.75, 3.05) is 0 Å². The molecule has 0 aliphatic rings. The van der Waals surface area contributed by atoms with Gasteiger partial charge in [-0.05, 0) is 31.0 Å². The Bertz CT molecular complexity index is 399. The Balaban J connectivity index is 2.82. The van der Waals surface area contributed by atoms with E-state index in [1.165, 1.54) is 19.1 Å². The molecule has 1 aromatic rings. The van der Waals surface area contributed by atoms with E-state index in [0.717, 1.165) is 5.56 Å². The number of ether oxygens (including phenoxy) is 1. The van der Waals surface area contributed by atoms with E-state index in [1.807, 2.05) is 0 Å². The maximum atomic E-state index is 11.2. The molecular formula is C12H15NO3. The Morgan fingerprint density at radius 3 is 2.88 bits per heavy atom. The van der Waals surface area contributed by atoms with Gasteiger partial charge in [0.1, 0.15) is 6.04 Å². The van der Waals surface area contributed by atoms with E-state index >= 15 is 0 Å². The molecule has 0 amide bonds. The lowest BCUT2D eigenvalue weighted by molar-refractivity contribution is -0.135. The number of hydrogen-bond acceptors (Lipinski definition) is 4. The van der Waals surface area contributed by atoms with Crippen molar-refractivity contribution in [3.63, 3.8) is 0 Å². The van der Waals surface area contributed by atoms with Gasteiger partial charge in [0, 0.05) is 0 Å². The normalized spacial score (nSPS) is 11.9. The topological polar surface area (TPSA) is 72.5 Å². The molecule has 0 saturated heterocycles. The Morgan fingerprint density at radius 2 is 2.38 bits per heavy atom. The third kappa shape index (κ3) is 3.10. The maximum Gasteiger partial charge on any atom is 0.328 e. The summed E-state index contributed by atoms with van der Waals surface area (Å²) in [7, 11) is 0. The van der Waals surface area contributed by atoms with Crippen molar-refractivity contribution in [3.8, 4) is 11.5 Å². The van der Waals surface area contributed by atoms with Crippen LogP contribution in [0, 0.1) is 0 Å². The molecule has 4 nitrogen and oxygen atoms in total. The summed E-state index contributed by atoms with van der Waals surface area (Å²) in [5.41, 5.74) is 6.24. The molecule has 86 valence electrons. The van der Waals surface area contributed by atoms with Gasteiger partial charge in [-0.15, -0.1) is 6.58 Å². The molecule has 1 rings (SSSR count). The highest BCUT2D eigenvalue weighted by Gasteiger charge is 2.12. The third-order valence-electron chi connectivity index (χ3n) is 1.99. The van der Waals surface area contributed by atoms with Gasteiger partial charge in [0.2, 0.25) is 0 Å². The fraction of sp³-hybridized carbons (Fsp3) is 0.250. The number of nitrogens with two attached hydrogens (primary N) is 1. The monoisotopic (exact) mass is 221 g/mol. The van der Waals surface area contributed by atoms with Crippen molar-refractivity contribution >= 4 is 5.97 Å². The van der Waals surface area contributed by atoms with Crippen LogP contribution in [0.25, 0.3) is 0 Å². The first-order valence-corrected chi connectivity index (χ1v) is 4.94. The fourth-order valence-electron chi connectivity index (χ4n) is 1.14. The summed E-state index contributed by atoms with van der Waals surface area (Å²) in [5, 5.41) is 9.60. The maximum absolute atomic E-state index is 11.2. The van der Waals surface area contributed by atoms with Crippen LogP contribution in [-0.2, 0) is 11.2 Å². The van der Waals surface area contributed by atoms with Crippen molar-refractivity contribution in [2.24, 2.45) is 5.73 Å². The van der Waals surface area contributed by atoms with Gasteiger partial charge in [0.25, 0.3) is 0 Å². The first kappa shape index (κ1) is 12.3. The second-order valence-electron chi connectivity index (χ2n) is 3.50. The Kier molecular flexibility index (Phi) is 4.08. The number of hydrogen-bond donors (Lipinski definition) is 2. The Hall–Kier alpha value is -1.81. The van der Waals surface area contributed by atoms with Gasteiger partial charge in [-0.1, -0.05) is 12.1 Å². The molecule has 0 aliphatic carbocycles. The number of benzene rings is 1. The number of rotatable bonds is 4. The van der Waals surface area contributed by atoms with Crippen LogP contribution in [0.2, 0.25) is 0 Å². The van der Waals surface area contributed by atoms with E-state index in [1.54, 1.807) is 12.1 Å². The molecule has 4 heteroatoms. The van der Waals surface area contributed by atoms with Crippen LogP contribution < -0.4 is 10.5 Å². The van der Waals surface area contributed by atoms with Crippen LogP contribution in [-0.4, -0.2) is 17.1 Å². The first-order valence-electron chi connectivity index (χ1n) is 4.94. The van der Waals surface area contributed by atoms with Gasteiger partial charge >= 0.3 is 5.97 Å². The van der Waals surface area contributed by atoms with Gasteiger partial charge < -0.3 is 15.6 Å². The highest BCUT2D eigenvalue weighted by atomic mass is 16.5. The van der Waals surface area contributed by atoms with Gasteiger partial charge in [-0.2, -0.15) is 0 Å². The zero-order chi connectivity index (χ0) is 12.1. The number of carbonyl (C=O) groups is 1. The Morgan fingerprint density at radius 1 is 1.69 bits per heavy atom. The lowest BCUT2D eigenvalue weighted by atomic mass is 10.1. The molecule has 0 fully saturated rings. The Labute approximate surface area is 94.3 Å². The second kappa shape index (κ2) is 5.32. The first-order chi connectivity index (χ1) is 7.54. The predicted molar refractivity (Wildman–Crippen MR) is 61.3 cm³/mol. The number of esters is 1. The van der Waals surface area contributed by atoms with Crippen LogP contribution in [0.15, 0.2) is 30.9 Å². The van der Waals surface area contributed by atoms with Crippen molar-refractivity contribution < 1.29 is 14.6 Å². The summed E-state index contributed by atoms with van der Waals surface area (Å²) in [5.74, 6) is -0.532. The average molecular weight is 221 g/mol. The minimum atomic E-state index is -0.716. The number of aromatic hydroxyl groups is 1. The fourth-order valence-corrected chi connectivity index (χ4v) is 1.14. The quantitative estimate of drug-likeness (QED) is 0.457. The minimum Gasteiger partial charge on any atom is -0.504 e. The summed E-state index contributed by atoms with van der Waals surface area (Å²) in [4.78, 5) is 11.2. The van der Waals surface area contributed by atoms with Crippen molar-refractivity contribution in [2.45, 2.75) is 19.4 Å².